The minimum absolute atomic E-state index is 0.0634. The van der Waals surface area contributed by atoms with Gasteiger partial charge < -0.3 is 4.74 Å². The molecule has 2 nitrogen and oxygen atoms in total. The zero-order chi connectivity index (χ0) is 17.0. The van der Waals surface area contributed by atoms with Crippen molar-refractivity contribution in [3.8, 4) is 0 Å². The average Bonchev–Trinajstić information content (AvgIpc) is 2.63. The molecule has 3 aliphatic carbocycles. The van der Waals surface area contributed by atoms with E-state index in [4.69, 9.17) is 4.74 Å². The summed E-state index contributed by atoms with van der Waals surface area (Å²) in [6.07, 6.45) is 7.75. The highest BCUT2D eigenvalue weighted by molar-refractivity contribution is 5.77. The maximum atomic E-state index is 13.2. The Morgan fingerprint density at radius 1 is 1.00 bits per heavy atom. The van der Waals surface area contributed by atoms with Crippen molar-refractivity contribution < 1.29 is 9.53 Å². The zero-order valence-electron chi connectivity index (χ0n) is 16.0. The Hall–Kier alpha value is -0.530. The molecular formula is C21H36O2. The van der Waals surface area contributed by atoms with Gasteiger partial charge >= 0.3 is 5.97 Å². The fourth-order valence-electron chi connectivity index (χ4n) is 5.80. The molecule has 2 heteroatoms. The quantitative estimate of drug-likeness (QED) is 0.644. The lowest BCUT2D eigenvalue weighted by atomic mass is 9.64. The van der Waals surface area contributed by atoms with E-state index < -0.39 is 5.41 Å². The standard InChI is InChI=1S/C21H36O2/c1-13(2)12-21(6,20(3,4)5)19(22)23-18-11-15-7-14-8-16(9-15)17(18)10-14/h13-18H,7-12H2,1-6H3. The first kappa shape index (κ1) is 17.3. The second-order valence-electron chi connectivity index (χ2n) is 10.5. The lowest BCUT2D eigenvalue weighted by Gasteiger charge is -2.44. The average molecular weight is 321 g/mol. The van der Waals surface area contributed by atoms with Crippen molar-refractivity contribution in [3.05, 3.63) is 0 Å². The molecule has 132 valence electrons. The molecule has 0 aliphatic heterocycles. The Kier molecular flexibility index (Phi) is 4.34. The lowest BCUT2D eigenvalue weighted by Crippen LogP contribution is -2.46. The number of rotatable bonds is 4. The van der Waals surface area contributed by atoms with Crippen LogP contribution in [0, 0.1) is 40.4 Å². The van der Waals surface area contributed by atoms with Crippen molar-refractivity contribution in [1.82, 2.24) is 0 Å². The molecule has 3 aliphatic rings. The summed E-state index contributed by atoms with van der Waals surface area (Å²) in [5.41, 5.74) is -0.462. The molecule has 0 N–H and O–H groups in total. The predicted molar refractivity (Wildman–Crippen MR) is 93.9 cm³/mol. The molecule has 3 bridgehead atoms. The first-order valence-corrected chi connectivity index (χ1v) is 9.81. The van der Waals surface area contributed by atoms with E-state index in [1.54, 1.807) is 0 Å². The molecule has 0 spiro atoms. The Balaban J connectivity index is 1.74. The second kappa shape index (κ2) is 5.77. The summed E-state index contributed by atoms with van der Waals surface area (Å²) in [4.78, 5) is 13.2. The topological polar surface area (TPSA) is 26.3 Å². The molecule has 0 amide bonds. The zero-order valence-corrected chi connectivity index (χ0v) is 16.0. The van der Waals surface area contributed by atoms with Gasteiger partial charge in [-0.25, -0.2) is 0 Å². The molecule has 0 saturated heterocycles. The van der Waals surface area contributed by atoms with Crippen LogP contribution >= 0.6 is 0 Å². The first-order chi connectivity index (χ1) is 10.6. The summed E-state index contributed by atoms with van der Waals surface area (Å²) in [7, 11) is 0. The Morgan fingerprint density at radius 3 is 2.17 bits per heavy atom. The van der Waals surface area contributed by atoms with Gasteiger partial charge in [0.1, 0.15) is 6.10 Å². The van der Waals surface area contributed by atoms with Crippen molar-refractivity contribution in [2.75, 3.05) is 0 Å². The van der Waals surface area contributed by atoms with E-state index in [-0.39, 0.29) is 17.5 Å². The van der Waals surface area contributed by atoms with Gasteiger partial charge in [0, 0.05) is 0 Å². The van der Waals surface area contributed by atoms with Gasteiger partial charge in [-0.2, -0.15) is 0 Å². The monoisotopic (exact) mass is 320 g/mol. The van der Waals surface area contributed by atoms with Gasteiger partial charge in [0.15, 0.2) is 0 Å². The Labute approximate surface area is 142 Å². The lowest BCUT2D eigenvalue weighted by molar-refractivity contribution is -0.175. The van der Waals surface area contributed by atoms with Gasteiger partial charge in [0.25, 0.3) is 0 Å². The second-order valence-corrected chi connectivity index (χ2v) is 10.5. The fourth-order valence-corrected chi connectivity index (χ4v) is 5.80. The molecule has 6 unspecified atom stereocenters. The molecule has 3 saturated carbocycles. The number of ether oxygens (including phenoxy) is 1. The molecule has 23 heavy (non-hydrogen) atoms. The van der Waals surface area contributed by atoms with Crippen LogP contribution in [-0.2, 0) is 9.53 Å². The largest absolute Gasteiger partial charge is 0.462 e. The number of carbonyl (C=O) groups excluding carboxylic acids is 1. The van der Waals surface area contributed by atoms with Gasteiger partial charge in [0.2, 0.25) is 0 Å². The predicted octanol–water partition coefficient (Wildman–Crippen LogP) is 5.45. The smallest absolute Gasteiger partial charge is 0.312 e. The van der Waals surface area contributed by atoms with Crippen LogP contribution in [0.3, 0.4) is 0 Å². The van der Waals surface area contributed by atoms with Crippen LogP contribution in [0.15, 0.2) is 0 Å². The van der Waals surface area contributed by atoms with Gasteiger partial charge in [-0.1, -0.05) is 34.6 Å². The van der Waals surface area contributed by atoms with Gasteiger partial charge in [0.05, 0.1) is 5.41 Å². The van der Waals surface area contributed by atoms with Crippen molar-refractivity contribution in [2.24, 2.45) is 40.4 Å². The van der Waals surface area contributed by atoms with Crippen LogP contribution in [0.1, 0.15) is 80.1 Å². The third kappa shape index (κ3) is 3.07. The van der Waals surface area contributed by atoms with Crippen LogP contribution < -0.4 is 0 Å². The van der Waals surface area contributed by atoms with Gasteiger partial charge in [-0.3, -0.25) is 4.79 Å². The third-order valence-electron chi connectivity index (χ3n) is 7.37. The molecular weight excluding hydrogens is 284 g/mol. The number of fused-ring (bicyclic) bond motifs is 2. The number of esters is 1. The van der Waals surface area contributed by atoms with E-state index in [0.717, 1.165) is 30.6 Å². The molecule has 0 aromatic rings. The molecule has 0 heterocycles. The molecule has 0 radical (unpaired) electrons. The van der Waals surface area contributed by atoms with E-state index in [9.17, 15) is 4.79 Å². The summed E-state index contributed by atoms with van der Waals surface area (Å²) >= 11 is 0. The van der Waals surface area contributed by atoms with E-state index >= 15 is 0 Å². The van der Waals surface area contributed by atoms with Crippen molar-refractivity contribution in [1.29, 1.82) is 0 Å². The van der Waals surface area contributed by atoms with E-state index in [0.29, 0.717) is 11.8 Å². The Morgan fingerprint density at radius 2 is 1.61 bits per heavy atom. The van der Waals surface area contributed by atoms with E-state index in [1.807, 2.05) is 0 Å². The fraction of sp³-hybridized carbons (Fsp3) is 0.952. The van der Waals surface area contributed by atoms with E-state index in [2.05, 4.69) is 41.5 Å². The van der Waals surface area contributed by atoms with Crippen LogP contribution in [0.5, 0.6) is 0 Å². The molecule has 6 atom stereocenters. The summed E-state index contributed by atoms with van der Waals surface area (Å²) in [5.74, 6) is 3.82. The molecule has 0 aromatic carbocycles. The first-order valence-electron chi connectivity index (χ1n) is 9.81. The number of hydrogen-bond acceptors (Lipinski definition) is 2. The van der Waals surface area contributed by atoms with Crippen LogP contribution in [0.4, 0.5) is 0 Å². The SMILES string of the molecule is CC(C)CC(C)(C(=O)OC1CC2CC3CC(C2)C1C3)C(C)(C)C. The number of hydrogen-bond donors (Lipinski definition) is 0. The van der Waals surface area contributed by atoms with Gasteiger partial charge in [-0.15, -0.1) is 0 Å². The molecule has 3 fully saturated rings. The third-order valence-corrected chi connectivity index (χ3v) is 7.37. The van der Waals surface area contributed by atoms with Crippen LogP contribution in [-0.4, -0.2) is 12.1 Å². The van der Waals surface area contributed by atoms with E-state index in [1.165, 1.54) is 25.7 Å². The maximum Gasteiger partial charge on any atom is 0.312 e. The maximum absolute atomic E-state index is 13.2. The minimum Gasteiger partial charge on any atom is -0.462 e. The highest BCUT2D eigenvalue weighted by atomic mass is 16.5. The molecule has 3 rings (SSSR count). The van der Waals surface area contributed by atoms with Crippen molar-refractivity contribution in [2.45, 2.75) is 86.2 Å². The van der Waals surface area contributed by atoms with Crippen molar-refractivity contribution in [3.63, 3.8) is 0 Å². The highest BCUT2D eigenvalue weighted by Crippen LogP contribution is 2.56. The van der Waals surface area contributed by atoms with Gasteiger partial charge in [-0.05, 0) is 80.5 Å². The summed E-state index contributed by atoms with van der Waals surface area (Å²) in [5, 5.41) is 0. The summed E-state index contributed by atoms with van der Waals surface area (Å²) < 4.78 is 6.26. The Bertz CT molecular complexity index is 459. The normalized spacial score (nSPS) is 38.7. The van der Waals surface area contributed by atoms with Crippen molar-refractivity contribution >= 4 is 5.97 Å². The minimum atomic E-state index is -0.393. The van der Waals surface area contributed by atoms with Crippen LogP contribution in [0.25, 0.3) is 0 Å². The summed E-state index contributed by atoms with van der Waals surface area (Å²) in [6, 6.07) is 0. The van der Waals surface area contributed by atoms with Crippen LogP contribution in [0.2, 0.25) is 0 Å². The number of carbonyl (C=O) groups is 1. The highest BCUT2D eigenvalue weighted by Gasteiger charge is 2.52. The summed E-state index contributed by atoms with van der Waals surface area (Å²) in [6.45, 7) is 13.1. The molecule has 0 aromatic heterocycles.